The predicted molar refractivity (Wildman–Crippen MR) is 50.7 cm³/mol. The van der Waals surface area contributed by atoms with Crippen LogP contribution in [-0.4, -0.2) is 42.5 Å². The zero-order valence-corrected chi connectivity index (χ0v) is 9.10. The van der Waals surface area contributed by atoms with E-state index in [1.54, 1.807) is 20.8 Å². The molecule has 1 heterocycles. The fraction of sp³-hybridized carbons (Fsp3) is 0.889. The summed E-state index contributed by atoms with van der Waals surface area (Å²) in [6.07, 6.45) is -1.95. The van der Waals surface area contributed by atoms with E-state index in [-0.39, 0.29) is 6.79 Å². The Morgan fingerprint density at radius 2 is 2.20 bits per heavy atom. The molecule has 0 amide bonds. The van der Waals surface area contributed by atoms with Gasteiger partial charge in [0.05, 0.1) is 5.60 Å². The number of carbonyl (C=O) groups excluding carboxylic acids is 1. The number of aldehydes is 1. The van der Waals surface area contributed by atoms with Gasteiger partial charge < -0.3 is 24.1 Å². The summed E-state index contributed by atoms with van der Waals surface area (Å²) >= 11 is 0. The minimum Gasteiger partial charge on any atom is -0.356 e. The summed E-state index contributed by atoms with van der Waals surface area (Å²) < 4.78 is 15.1. The molecule has 6 nitrogen and oxygen atoms in total. The number of ether oxygens (including phenoxy) is 3. The van der Waals surface area contributed by atoms with Gasteiger partial charge in [-0.1, -0.05) is 0 Å². The van der Waals surface area contributed by atoms with E-state index in [0.717, 1.165) is 0 Å². The molecule has 15 heavy (non-hydrogen) atoms. The summed E-state index contributed by atoms with van der Waals surface area (Å²) in [7, 11) is 0. The molecule has 0 aromatic carbocycles. The summed E-state index contributed by atoms with van der Waals surface area (Å²) in [5, 5.41) is 12.1. The Kier molecular flexibility index (Phi) is 4.18. The zero-order chi connectivity index (χ0) is 11.5. The monoisotopic (exact) mass is 219 g/mol. The number of hydrogen-bond acceptors (Lipinski definition) is 6. The van der Waals surface area contributed by atoms with Crippen molar-refractivity contribution in [2.75, 3.05) is 6.79 Å². The normalized spacial score (nSPS) is 29.1. The second kappa shape index (κ2) is 5.00. The van der Waals surface area contributed by atoms with Crippen molar-refractivity contribution in [2.45, 2.75) is 45.1 Å². The van der Waals surface area contributed by atoms with Crippen LogP contribution in [0.4, 0.5) is 0 Å². The standard InChI is InChI=1S/C9H17NO5/c1-9(2,3)15-8(12)10-7-6(4-11)13-5-14-7/h4,6-8,10,12H,5H2,1-3H3. The molecule has 0 bridgehead atoms. The molecule has 0 saturated carbocycles. The lowest BCUT2D eigenvalue weighted by Gasteiger charge is -2.26. The summed E-state index contributed by atoms with van der Waals surface area (Å²) in [6.45, 7) is 5.45. The molecule has 0 aromatic heterocycles. The highest BCUT2D eigenvalue weighted by Gasteiger charge is 2.31. The van der Waals surface area contributed by atoms with E-state index in [2.05, 4.69) is 5.32 Å². The maximum absolute atomic E-state index is 10.5. The van der Waals surface area contributed by atoms with Crippen LogP contribution in [-0.2, 0) is 19.0 Å². The number of carbonyl (C=O) groups is 1. The van der Waals surface area contributed by atoms with Crippen LogP contribution < -0.4 is 5.32 Å². The summed E-state index contributed by atoms with van der Waals surface area (Å²) in [5.41, 5.74) is -0.484. The highest BCUT2D eigenvalue weighted by molar-refractivity contribution is 5.57. The molecule has 2 N–H and O–H groups in total. The van der Waals surface area contributed by atoms with E-state index in [1.165, 1.54) is 0 Å². The van der Waals surface area contributed by atoms with Gasteiger partial charge in [-0.25, -0.2) is 5.32 Å². The molecule has 6 heteroatoms. The van der Waals surface area contributed by atoms with Crippen LogP contribution >= 0.6 is 0 Å². The topological polar surface area (TPSA) is 77.0 Å². The molecule has 0 spiro atoms. The van der Waals surface area contributed by atoms with Crippen LogP contribution in [0.25, 0.3) is 0 Å². The highest BCUT2D eigenvalue weighted by Crippen LogP contribution is 2.12. The molecular formula is C9H17NO5. The Morgan fingerprint density at radius 1 is 1.53 bits per heavy atom. The first kappa shape index (κ1) is 12.5. The van der Waals surface area contributed by atoms with Gasteiger partial charge in [-0.05, 0) is 20.8 Å². The second-order valence-corrected chi connectivity index (χ2v) is 4.22. The van der Waals surface area contributed by atoms with Crippen molar-refractivity contribution in [3.8, 4) is 0 Å². The number of nitrogens with one attached hydrogen (secondary N) is 1. The molecule has 1 aliphatic heterocycles. The van der Waals surface area contributed by atoms with Crippen molar-refractivity contribution in [1.29, 1.82) is 0 Å². The second-order valence-electron chi connectivity index (χ2n) is 4.22. The van der Waals surface area contributed by atoms with Crippen molar-refractivity contribution < 1.29 is 24.1 Å². The largest absolute Gasteiger partial charge is 0.356 e. The molecule has 0 aromatic rings. The minimum atomic E-state index is -1.20. The van der Waals surface area contributed by atoms with Gasteiger partial charge >= 0.3 is 0 Å². The molecule has 0 radical (unpaired) electrons. The first-order chi connectivity index (χ1) is 6.92. The Labute approximate surface area is 88.5 Å². The van der Waals surface area contributed by atoms with Gasteiger partial charge in [-0.2, -0.15) is 0 Å². The molecule has 1 rings (SSSR count). The van der Waals surface area contributed by atoms with Crippen LogP contribution in [0.1, 0.15) is 20.8 Å². The summed E-state index contributed by atoms with van der Waals surface area (Å²) in [4.78, 5) is 10.5. The van der Waals surface area contributed by atoms with Gasteiger partial charge in [0.25, 0.3) is 0 Å². The van der Waals surface area contributed by atoms with E-state index in [0.29, 0.717) is 6.29 Å². The van der Waals surface area contributed by atoms with Gasteiger partial charge in [-0.3, -0.25) is 0 Å². The van der Waals surface area contributed by atoms with Crippen molar-refractivity contribution in [2.24, 2.45) is 0 Å². The first-order valence-electron chi connectivity index (χ1n) is 4.73. The van der Waals surface area contributed by atoms with E-state index >= 15 is 0 Å². The SMILES string of the molecule is CC(C)(C)OC(O)NC1OCOC1C=O. The molecule has 1 aliphatic rings. The first-order valence-corrected chi connectivity index (χ1v) is 4.73. The van der Waals surface area contributed by atoms with E-state index < -0.39 is 24.3 Å². The Hall–Kier alpha value is -0.530. The lowest BCUT2D eigenvalue weighted by molar-refractivity contribution is -0.197. The molecule has 3 unspecified atom stereocenters. The summed E-state index contributed by atoms with van der Waals surface area (Å²) in [6, 6.07) is 0. The van der Waals surface area contributed by atoms with E-state index in [1.807, 2.05) is 0 Å². The Balaban J connectivity index is 2.37. The van der Waals surface area contributed by atoms with Crippen LogP contribution in [0.15, 0.2) is 0 Å². The van der Waals surface area contributed by atoms with Crippen LogP contribution in [0.2, 0.25) is 0 Å². The molecule has 3 atom stereocenters. The summed E-state index contributed by atoms with van der Waals surface area (Å²) in [5.74, 6) is 0. The van der Waals surface area contributed by atoms with E-state index in [9.17, 15) is 9.90 Å². The minimum absolute atomic E-state index is 0.0311. The smallest absolute Gasteiger partial charge is 0.216 e. The zero-order valence-electron chi connectivity index (χ0n) is 9.10. The van der Waals surface area contributed by atoms with Gasteiger partial charge in [0, 0.05) is 0 Å². The van der Waals surface area contributed by atoms with Gasteiger partial charge in [0.1, 0.15) is 13.0 Å². The van der Waals surface area contributed by atoms with Crippen molar-refractivity contribution in [3.63, 3.8) is 0 Å². The third-order valence-corrected chi connectivity index (χ3v) is 1.71. The average molecular weight is 219 g/mol. The maximum Gasteiger partial charge on any atom is 0.216 e. The third-order valence-electron chi connectivity index (χ3n) is 1.71. The Morgan fingerprint density at radius 3 is 2.73 bits per heavy atom. The fourth-order valence-corrected chi connectivity index (χ4v) is 1.14. The molecular weight excluding hydrogens is 202 g/mol. The van der Waals surface area contributed by atoms with Crippen LogP contribution in [0.3, 0.4) is 0 Å². The van der Waals surface area contributed by atoms with Crippen LogP contribution in [0, 0.1) is 0 Å². The van der Waals surface area contributed by atoms with Crippen molar-refractivity contribution >= 4 is 6.29 Å². The Bertz CT molecular complexity index is 215. The number of hydrogen-bond donors (Lipinski definition) is 2. The van der Waals surface area contributed by atoms with Gasteiger partial charge in [0.15, 0.2) is 12.4 Å². The quantitative estimate of drug-likeness (QED) is 0.493. The fourth-order valence-electron chi connectivity index (χ4n) is 1.14. The molecule has 1 saturated heterocycles. The number of aliphatic hydroxyl groups excluding tert-OH is 1. The van der Waals surface area contributed by atoms with Crippen LogP contribution in [0.5, 0.6) is 0 Å². The van der Waals surface area contributed by atoms with E-state index in [4.69, 9.17) is 14.2 Å². The van der Waals surface area contributed by atoms with Gasteiger partial charge in [0.2, 0.25) is 6.41 Å². The average Bonchev–Trinajstić information content (AvgIpc) is 2.48. The lowest BCUT2D eigenvalue weighted by Crippen LogP contribution is -2.48. The van der Waals surface area contributed by atoms with Gasteiger partial charge in [-0.15, -0.1) is 0 Å². The number of rotatable bonds is 4. The molecule has 0 aliphatic carbocycles. The van der Waals surface area contributed by atoms with Crippen molar-refractivity contribution in [3.05, 3.63) is 0 Å². The third kappa shape index (κ3) is 4.23. The predicted octanol–water partition coefficient (Wildman–Crippen LogP) is -0.435. The molecule has 88 valence electrons. The molecule has 1 fully saturated rings. The lowest BCUT2D eigenvalue weighted by atomic mass is 10.2. The maximum atomic E-state index is 10.5. The number of aliphatic hydroxyl groups is 1. The van der Waals surface area contributed by atoms with Crippen molar-refractivity contribution in [1.82, 2.24) is 5.32 Å². The highest BCUT2D eigenvalue weighted by atomic mass is 16.7.